The lowest BCUT2D eigenvalue weighted by Crippen LogP contribution is -2.05. The van der Waals surface area contributed by atoms with E-state index in [0.717, 1.165) is 6.42 Å². The van der Waals surface area contributed by atoms with E-state index in [1.54, 1.807) is 0 Å². The van der Waals surface area contributed by atoms with Gasteiger partial charge in [0, 0.05) is 30.6 Å². The lowest BCUT2D eigenvalue weighted by atomic mass is 10.0. The van der Waals surface area contributed by atoms with Crippen molar-refractivity contribution in [3.8, 4) is 0 Å². The van der Waals surface area contributed by atoms with E-state index in [0.29, 0.717) is 5.92 Å². The number of aliphatic hydroxyl groups is 1. The molecule has 2 nitrogen and oxygen atoms in total. The van der Waals surface area contributed by atoms with E-state index >= 15 is 0 Å². The van der Waals surface area contributed by atoms with Crippen LogP contribution in [0, 0.1) is 5.92 Å². The van der Waals surface area contributed by atoms with Crippen molar-refractivity contribution in [2.45, 2.75) is 6.42 Å². The molecule has 1 aliphatic carbocycles. The van der Waals surface area contributed by atoms with E-state index in [1.165, 1.54) is 5.70 Å². The van der Waals surface area contributed by atoms with Crippen molar-refractivity contribution in [1.82, 2.24) is 4.57 Å². The topological polar surface area (TPSA) is 25.2 Å². The third-order valence-electron chi connectivity index (χ3n) is 2.31. The van der Waals surface area contributed by atoms with Gasteiger partial charge in [0.1, 0.15) is 0 Å². The average Bonchev–Trinajstić information content (AvgIpc) is 2.71. The summed E-state index contributed by atoms with van der Waals surface area (Å²) in [4.78, 5) is 0. The minimum Gasteiger partial charge on any atom is -0.396 e. The van der Waals surface area contributed by atoms with Gasteiger partial charge in [0.25, 0.3) is 0 Å². The van der Waals surface area contributed by atoms with Crippen molar-refractivity contribution in [3.63, 3.8) is 0 Å². The molecule has 0 bridgehead atoms. The SMILES string of the molecule is OC[C@@H]1C=CC(n2cccc2)=CC1. The molecule has 0 saturated heterocycles. The molecule has 68 valence electrons. The number of nitrogens with zero attached hydrogens (tertiary/aromatic N) is 1. The van der Waals surface area contributed by atoms with Crippen LogP contribution in [0.3, 0.4) is 0 Å². The first-order valence-corrected chi connectivity index (χ1v) is 4.52. The Labute approximate surface area is 77.8 Å². The van der Waals surface area contributed by atoms with Crippen LogP contribution in [0.25, 0.3) is 5.70 Å². The normalized spacial score (nSPS) is 21.6. The van der Waals surface area contributed by atoms with Crippen molar-refractivity contribution in [3.05, 3.63) is 42.8 Å². The molecule has 0 saturated carbocycles. The van der Waals surface area contributed by atoms with Crippen molar-refractivity contribution in [2.24, 2.45) is 5.92 Å². The van der Waals surface area contributed by atoms with Crippen LogP contribution in [0.4, 0.5) is 0 Å². The van der Waals surface area contributed by atoms with Gasteiger partial charge in [-0.05, 0) is 24.6 Å². The number of aromatic nitrogens is 1. The molecule has 0 aromatic carbocycles. The highest BCUT2D eigenvalue weighted by Crippen LogP contribution is 2.18. The highest BCUT2D eigenvalue weighted by Gasteiger charge is 2.07. The van der Waals surface area contributed by atoms with Gasteiger partial charge in [-0.25, -0.2) is 0 Å². The Morgan fingerprint density at radius 3 is 2.69 bits per heavy atom. The van der Waals surface area contributed by atoms with Crippen LogP contribution in [0.5, 0.6) is 0 Å². The van der Waals surface area contributed by atoms with Crippen LogP contribution >= 0.6 is 0 Å². The number of hydrogen-bond acceptors (Lipinski definition) is 1. The van der Waals surface area contributed by atoms with E-state index < -0.39 is 0 Å². The molecular weight excluding hydrogens is 162 g/mol. The summed E-state index contributed by atoms with van der Waals surface area (Å²) in [6.07, 6.45) is 11.3. The summed E-state index contributed by atoms with van der Waals surface area (Å²) in [5.74, 6) is 0.305. The van der Waals surface area contributed by atoms with E-state index in [1.807, 2.05) is 24.5 Å². The summed E-state index contributed by atoms with van der Waals surface area (Å²) >= 11 is 0. The van der Waals surface area contributed by atoms with Gasteiger partial charge >= 0.3 is 0 Å². The van der Waals surface area contributed by atoms with Gasteiger partial charge in [0.15, 0.2) is 0 Å². The zero-order valence-electron chi connectivity index (χ0n) is 7.43. The second-order valence-electron chi connectivity index (χ2n) is 3.26. The number of aliphatic hydroxyl groups excluding tert-OH is 1. The van der Waals surface area contributed by atoms with Crippen molar-refractivity contribution in [2.75, 3.05) is 6.61 Å². The first-order chi connectivity index (χ1) is 6.40. The Bertz CT molecular complexity index is 322. The Morgan fingerprint density at radius 2 is 2.15 bits per heavy atom. The van der Waals surface area contributed by atoms with Crippen LogP contribution in [-0.4, -0.2) is 16.3 Å². The van der Waals surface area contributed by atoms with Gasteiger partial charge in [0.2, 0.25) is 0 Å². The monoisotopic (exact) mass is 175 g/mol. The van der Waals surface area contributed by atoms with Crippen LogP contribution in [0.1, 0.15) is 6.42 Å². The molecule has 2 heteroatoms. The fourth-order valence-electron chi connectivity index (χ4n) is 1.49. The Hall–Kier alpha value is -1.28. The fraction of sp³-hybridized carbons (Fsp3) is 0.273. The molecule has 1 N–H and O–H groups in total. The number of allylic oxidation sites excluding steroid dienone is 3. The zero-order valence-corrected chi connectivity index (χ0v) is 7.43. The molecule has 13 heavy (non-hydrogen) atoms. The Balaban J connectivity index is 2.13. The third-order valence-corrected chi connectivity index (χ3v) is 2.31. The fourth-order valence-corrected chi connectivity index (χ4v) is 1.49. The molecule has 0 fully saturated rings. The summed E-state index contributed by atoms with van der Waals surface area (Å²) in [7, 11) is 0. The predicted molar refractivity (Wildman–Crippen MR) is 53.0 cm³/mol. The summed E-state index contributed by atoms with van der Waals surface area (Å²) < 4.78 is 2.07. The summed E-state index contributed by atoms with van der Waals surface area (Å²) in [5.41, 5.74) is 1.19. The summed E-state index contributed by atoms with van der Waals surface area (Å²) in [5, 5.41) is 8.92. The Kier molecular flexibility index (Phi) is 2.32. The number of hydrogen-bond donors (Lipinski definition) is 1. The van der Waals surface area contributed by atoms with Crippen LogP contribution in [0.2, 0.25) is 0 Å². The maximum Gasteiger partial charge on any atom is 0.0496 e. The molecule has 1 atom stereocenters. The molecule has 1 aliphatic rings. The van der Waals surface area contributed by atoms with Gasteiger partial charge < -0.3 is 9.67 Å². The lowest BCUT2D eigenvalue weighted by Gasteiger charge is -2.14. The van der Waals surface area contributed by atoms with Crippen molar-refractivity contribution >= 4 is 5.70 Å². The van der Waals surface area contributed by atoms with E-state index in [9.17, 15) is 0 Å². The molecule has 0 aliphatic heterocycles. The van der Waals surface area contributed by atoms with Crippen LogP contribution < -0.4 is 0 Å². The quantitative estimate of drug-likeness (QED) is 0.729. The van der Waals surface area contributed by atoms with Crippen molar-refractivity contribution in [1.29, 1.82) is 0 Å². The Morgan fingerprint density at radius 1 is 1.38 bits per heavy atom. The molecule has 2 rings (SSSR count). The van der Waals surface area contributed by atoms with Crippen molar-refractivity contribution < 1.29 is 5.11 Å². The molecule has 0 unspecified atom stereocenters. The average molecular weight is 175 g/mol. The molecule has 0 amide bonds. The van der Waals surface area contributed by atoms with E-state index in [-0.39, 0.29) is 6.61 Å². The lowest BCUT2D eigenvalue weighted by molar-refractivity contribution is 0.253. The smallest absolute Gasteiger partial charge is 0.0496 e. The van der Waals surface area contributed by atoms with Crippen LogP contribution in [-0.2, 0) is 0 Å². The highest BCUT2D eigenvalue weighted by atomic mass is 16.3. The molecular formula is C11H13NO. The first kappa shape index (κ1) is 8.32. The standard InChI is InChI=1S/C11H13NO/c13-9-10-3-5-11(6-4-10)12-7-1-2-8-12/h1-3,5-8,10,13H,4,9H2/t10-/m1/s1. The molecule has 0 radical (unpaired) electrons. The largest absolute Gasteiger partial charge is 0.396 e. The van der Waals surface area contributed by atoms with Gasteiger partial charge in [-0.3, -0.25) is 0 Å². The number of rotatable bonds is 2. The predicted octanol–water partition coefficient (Wildman–Crippen LogP) is 1.90. The first-order valence-electron chi connectivity index (χ1n) is 4.52. The summed E-state index contributed by atoms with van der Waals surface area (Å²) in [6.45, 7) is 0.242. The van der Waals surface area contributed by atoms with Gasteiger partial charge in [0.05, 0.1) is 0 Å². The molecule has 1 aromatic heterocycles. The molecule has 0 spiro atoms. The minimum absolute atomic E-state index is 0.242. The van der Waals surface area contributed by atoms with Gasteiger partial charge in [-0.1, -0.05) is 12.2 Å². The highest BCUT2D eigenvalue weighted by molar-refractivity contribution is 5.58. The second-order valence-corrected chi connectivity index (χ2v) is 3.26. The third kappa shape index (κ3) is 1.73. The zero-order chi connectivity index (χ0) is 9.10. The van der Waals surface area contributed by atoms with E-state index in [4.69, 9.17) is 5.11 Å². The maximum absolute atomic E-state index is 8.92. The van der Waals surface area contributed by atoms with E-state index in [2.05, 4.69) is 22.8 Å². The van der Waals surface area contributed by atoms with Gasteiger partial charge in [-0.15, -0.1) is 0 Å². The minimum atomic E-state index is 0.242. The second kappa shape index (κ2) is 3.62. The van der Waals surface area contributed by atoms with Gasteiger partial charge in [-0.2, -0.15) is 0 Å². The molecule has 1 aromatic rings. The molecule has 1 heterocycles. The van der Waals surface area contributed by atoms with Crippen LogP contribution in [0.15, 0.2) is 42.8 Å². The maximum atomic E-state index is 8.92. The summed E-state index contributed by atoms with van der Waals surface area (Å²) in [6, 6.07) is 4.01.